The number of carboxylic acids is 1. The first-order valence-electron chi connectivity index (χ1n) is 8.64. The van der Waals surface area contributed by atoms with Crippen molar-refractivity contribution in [2.45, 2.75) is 64.1 Å². The normalized spacial score (nSPS) is 25.5. The predicted molar refractivity (Wildman–Crippen MR) is 86.5 cm³/mol. The second kappa shape index (κ2) is 6.85. The Balaban J connectivity index is 0.000000415. The van der Waals surface area contributed by atoms with Crippen LogP contribution in [0.3, 0.4) is 0 Å². The van der Waals surface area contributed by atoms with Crippen LogP contribution in [0.2, 0.25) is 0 Å². The van der Waals surface area contributed by atoms with Gasteiger partial charge in [0.25, 0.3) is 5.97 Å². The van der Waals surface area contributed by atoms with Crippen LogP contribution in [0.15, 0.2) is 10.6 Å². The molecule has 1 aromatic heterocycles. The Morgan fingerprint density at radius 1 is 1.32 bits per heavy atom. The molecular weight excluding hydrogens is 326 g/mol. The molecule has 4 rings (SSSR count). The molecule has 0 spiro atoms. The fourth-order valence-electron chi connectivity index (χ4n) is 3.40. The van der Waals surface area contributed by atoms with Gasteiger partial charge in [0.15, 0.2) is 0 Å². The fraction of sp³-hybridized carbons (Fsp3) is 0.647. The maximum atomic E-state index is 12.6. The van der Waals surface area contributed by atoms with E-state index in [1.165, 1.54) is 0 Å². The minimum Gasteiger partial charge on any atom is -0.481 e. The number of piperazine rings is 1. The number of aliphatic carboxylic acids is 1. The van der Waals surface area contributed by atoms with Gasteiger partial charge in [-0.25, -0.2) is 0 Å². The quantitative estimate of drug-likeness (QED) is 0.884. The van der Waals surface area contributed by atoms with Gasteiger partial charge in [0.05, 0.1) is 6.54 Å². The highest BCUT2D eigenvalue weighted by molar-refractivity contribution is 5.97. The van der Waals surface area contributed by atoms with Crippen LogP contribution in [-0.2, 0) is 20.9 Å². The van der Waals surface area contributed by atoms with Crippen LogP contribution >= 0.6 is 0 Å². The van der Waals surface area contributed by atoms with Crippen molar-refractivity contribution in [3.05, 3.63) is 17.5 Å². The molecule has 1 aromatic rings. The van der Waals surface area contributed by atoms with E-state index in [1.54, 1.807) is 16.7 Å². The molecule has 8 heteroatoms. The molecule has 1 N–H and O–H groups in total. The molecule has 3 heterocycles. The molecule has 2 amide bonds. The summed E-state index contributed by atoms with van der Waals surface area (Å²) in [6.07, 6.45) is 4.00. The summed E-state index contributed by atoms with van der Waals surface area (Å²) in [5.41, 5.74) is 0.747. The smallest absolute Gasteiger partial charge is 0.300 e. The Morgan fingerprint density at radius 3 is 2.64 bits per heavy atom. The maximum absolute atomic E-state index is 12.6. The highest BCUT2D eigenvalue weighted by Gasteiger charge is 2.46. The molecule has 0 radical (unpaired) electrons. The Labute approximate surface area is 145 Å². The molecule has 2 saturated heterocycles. The fourth-order valence-corrected chi connectivity index (χ4v) is 3.40. The third-order valence-electron chi connectivity index (χ3n) is 4.82. The first-order valence-corrected chi connectivity index (χ1v) is 8.64. The van der Waals surface area contributed by atoms with Crippen molar-refractivity contribution in [2.75, 3.05) is 6.54 Å². The van der Waals surface area contributed by atoms with Gasteiger partial charge < -0.3 is 19.4 Å². The lowest BCUT2D eigenvalue weighted by Crippen LogP contribution is -2.61. The molecule has 1 aliphatic carbocycles. The molecule has 3 aliphatic rings. The first kappa shape index (κ1) is 17.4. The van der Waals surface area contributed by atoms with E-state index in [4.69, 9.17) is 14.4 Å². The molecule has 0 bridgehead atoms. The van der Waals surface area contributed by atoms with E-state index < -0.39 is 12.0 Å². The van der Waals surface area contributed by atoms with Gasteiger partial charge in [-0.05, 0) is 32.6 Å². The Hall–Kier alpha value is -2.38. The number of fused-ring (bicyclic) bond motifs is 1. The van der Waals surface area contributed by atoms with Crippen LogP contribution in [0.1, 0.15) is 56.9 Å². The van der Waals surface area contributed by atoms with Crippen molar-refractivity contribution in [1.82, 2.24) is 15.0 Å². The van der Waals surface area contributed by atoms with Crippen molar-refractivity contribution >= 4 is 17.8 Å². The third-order valence-corrected chi connectivity index (χ3v) is 4.82. The number of carbonyl (C=O) groups is 3. The van der Waals surface area contributed by atoms with Crippen molar-refractivity contribution in [3.8, 4) is 0 Å². The van der Waals surface area contributed by atoms with Gasteiger partial charge in [-0.3, -0.25) is 14.4 Å². The highest BCUT2D eigenvalue weighted by atomic mass is 16.5. The zero-order valence-electron chi connectivity index (χ0n) is 14.5. The summed E-state index contributed by atoms with van der Waals surface area (Å²) in [5.74, 6) is 0.696. The molecule has 3 fully saturated rings. The largest absolute Gasteiger partial charge is 0.481 e. The minimum absolute atomic E-state index is 0.0515. The first-order chi connectivity index (χ1) is 11.9. The highest BCUT2D eigenvalue weighted by Crippen LogP contribution is 2.40. The Bertz CT molecular complexity index is 678. The molecule has 1 saturated carbocycles. The maximum Gasteiger partial charge on any atom is 0.300 e. The summed E-state index contributed by atoms with van der Waals surface area (Å²) in [7, 11) is 0. The molecule has 136 valence electrons. The van der Waals surface area contributed by atoms with E-state index in [9.17, 15) is 9.59 Å². The molecule has 2 atom stereocenters. The number of rotatable bonds is 3. The van der Waals surface area contributed by atoms with E-state index in [-0.39, 0.29) is 17.9 Å². The average Bonchev–Trinajstić information content (AvgIpc) is 3.10. The minimum atomic E-state index is -0.833. The predicted octanol–water partition coefficient (Wildman–Crippen LogP) is 1.36. The monoisotopic (exact) mass is 349 g/mol. The summed E-state index contributed by atoms with van der Waals surface area (Å²) >= 11 is 0. The van der Waals surface area contributed by atoms with Crippen molar-refractivity contribution in [1.29, 1.82) is 0 Å². The standard InChI is InChI=1S/C15H19N3O3.C2H4O2/c1-9-14(19)17-6-2-3-12(17)15(20)18(9)8-11-7-13(21-16-11)10-4-5-10;1-2(3)4/h7,9-10,12H,2-6,8H2,1H3;1H3,(H,3,4)/t9-,12+;/m0./s1. The summed E-state index contributed by atoms with van der Waals surface area (Å²) in [6, 6.07) is 1.26. The van der Waals surface area contributed by atoms with Gasteiger partial charge in [0, 0.05) is 25.5 Å². The van der Waals surface area contributed by atoms with Gasteiger partial charge in [0.1, 0.15) is 23.5 Å². The van der Waals surface area contributed by atoms with E-state index >= 15 is 0 Å². The summed E-state index contributed by atoms with van der Waals surface area (Å²) in [6.45, 7) is 3.96. The molecule has 0 unspecified atom stereocenters. The molecule has 25 heavy (non-hydrogen) atoms. The number of amides is 2. The zero-order valence-corrected chi connectivity index (χ0v) is 14.5. The summed E-state index contributed by atoms with van der Waals surface area (Å²) < 4.78 is 5.33. The molecule has 8 nitrogen and oxygen atoms in total. The van der Waals surface area contributed by atoms with Crippen LogP contribution in [0.25, 0.3) is 0 Å². The number of carbonyl (C=O) groups excluding carboxylic acids is 2. The van der Waals surface area contributed by atoms with E-state index in [0.29, 0.717) is 19.0 Å². The topological polar surface area (TPSA) is 104 Å². The van der Waals surface area contributed by atoms with Crippen molar-refractivity contribution in [3.63, 3.8) is 0 Å². The lowest BCUT2D eigenvalue weighted by molar-refractivity contribution is -0.159. The number of carboxylic acid groups (broad SMARTS) is 1. The summed E-state index contributed by atoms with van der Waals surface area (Å²) in [4.78, 5) is 37.4. The average molecular weight is 349 g/mol. The number of nitrogens with zero attached hydrogens (tertiary/aromatic N) is 3. The van der Waals surface area contributed by atoms with Crippen LogP contribution < -0.4 is 0 Å². The lowest BCUT2D eigenvalue weighted by atomic mass is 10.1. The Kier molecular flexibility index (Phi) is 4.78. The second-order valence-corrected chi connectivity index (χ2v) is 6.85. The van der Waals surface area contributed by atoms with Crippen LogP contribution in [0.5, 0.6) is 0 Å². The van der Waals surface area contributed by atoms with Gasteiger partial charge in [0.2, 0.25) is 11.8 Å². The van der Waals surface area contributed by atoms with Crippen molar-refractivity contribution in [2.24, 2.45) is 0 Å². The van der Waals surface area contributed by atoms with Crippen LogP contribution in [-0.4, -0.2) is 56.5 Å². The van der Waals surface area contributed by atoms with Gasteiger partial charge in [-0.1, -0.05) is 5.16 Å². The third kappa shape index (κ3) is 3.67. The summed E-state index contributed by atoms with van der Waals surface area (Å²) in [5, 5.41) is 11.5. The number of hydrogen-bond acceptors (Lipinski definition) is 5. The van der Waals surface area contributed by atoms with Gasteiger partial charge in [-0.2, -0.15) is 0 Å². The van der Waals surface area contributed by atoms with E-state index in [2.05, 4.69) is 5.16 Å². The zero-order chi connectivity index (χ0) is 18.1. The number of aromatic nitrogens is 1. The van der Waals surface area contributed by atoms with Crippen LogP contribution in [0, 0.1) is 0 Å². The second-order valence-electron chi connectivity index (χ2n) is 6.85. The molecular formula is C17H23N3O5. The molecule has 2 aliphatic heterocycles. The van der Waals surface area contributed by atoms with E-state index in [1.807, 2.05) is 6.07 Å². The van der Waals surface area contributed by atoms with Crippen LogP contribution in [0.4, 0.5) is 0 Å². The Morgan fingerprint density at radius 2 is 2.00 bits per heavy atom. The van der Waals surface area contributed by atoms with Gasteiger partial charge in [-0.15, -0.1) is 0 Å². The lowest BCUT2D eigenvalue weighted by Gasteiger charge is -2.40. The van der Waals surface area contributed by atoms with Gasteiger partial charge >= 0.3 is 0 Å². The van der Waals surface area contributed by atoms with Crippen molar-refractivity contribution < 1.29 is 24.0 Å². The SMILES string of the molecule is CC(=O)O.C[C@H]1C(=O)N2CCC[C@@H]2C(=O)N1Cc1cc(C2CC2)on1. The molecule has 0 aromatic carbocycles. The number of hydrogen-bond donors (Lipinski definition) is 1. The van der Waals surface area contributed by atoms with E-state index in [0.717, 1.165) is 44.1 Å².